The van der Waals surface area contributed by atoms with Crippen molar-refractivity contribution in [1.29, 1.82) is 0 Å². The van der Waals surface area contributed by atoms with E-state index in [1.54, 1.807) is 6.07 Å². The van der Waals surface area contributed by atoms with Crippen molar-refractivity contribution in [1.82, 2.24) is 0 Å². The topological polar surface area (TPSA) is 58.9 Å². The number of rotatable bonds is 2. The van der Waals surface area contributed by atoms with E-state index in [0.29, 0.717) is 11.4 Å². The fourth-order valence-electron chi connectivity index (χ4n) is 2.05. The third-order valence-corrected chi connectivity index (χ3v) is 2.93. The van der Waals surface area contributed by atoms with Gasteiger partial charge in [0.15, 0.2) is 0 Å². The zero-order chi connectivity index (χ0) is 13.1. The van der Waals surface area contributed by atoms with E-state index in [4.69, 9.17) is 0 Å². The maximum absolute atomic E-state index is 10.5. The quantitative estimate of drug-likeness (QED) is 0.594. The van der Waals surface area contributed by atoms with E-state index < -0.39 is 0 Å². The van der Waals surface area contributed by atoms with E-state index in [0.717, 1.165) is 21.9 Å². The first-order valence-corrected chi connectivity index (χ1v) is 5.37. The van der Waals surface area contributed by atoms with Gasteiger partial charge in [0.2, 0.25) is 12.2 Å². The largest absolute Gasteiger partial charge is 0.240 e. The number of hydrogen-bond donors (Lipinski definition) is 0. The number of nitrogens with zero attached hydrogens (tertiary/aromatic N) is 2. The summed E-state index contributed by atoms with van der Waals surface area (Å²) in [6, 6.07) is 7.58. The smallest absolute Gasteiger partial charge is 0.211 e. The number of fused-ring (bicyclic) bond motifs is 1. The molecule has 0 aliphatic heterocycles. The van der Waals surface area contributed by atoms with Crippen LogP contribution in [0.2, 0.25) is 0 Å². The molecular weight excluding hydrogens is 228 g/mol. The highest BCUT2D eigenvalue weighted by Gasteiger charge is 2.10. The molecule has 0 atom stereocenters. The second-order valence-electron chi connectivity index (χ2n) is 3.95. The highest BCUT2D eigenvalue weighted by Crippen LogP contribution is 2.37. The molecule has 0 N–H and O–H groups in total. The van der Waals surface area contributed by atoms with Crippen LogP contribution in [0.25, 0.3) is 10.8 Å². The Hall–Kier alpha value is -2.54. The van der Waals surface area contributed by atoms with Gasteiger partial charge in [0, 0.05) is 0 Å². The van der Waals surface area contributed by atoms with Gasteiger partial charge in [-0.15, -0.1) is 0 Å². The summed E-state index contributed by atoms with van der Waals surface area (Å²) >= 11 is 0. The van der Waals surface area contributed by atoms with Crippen LogP contribution in [0.3, 0.4) is 0 Å². The van der Waals surface area contributed by atoms with E-state index in [1.165, 1.54) is 12.2 Å². The molecule has 0 saturated carbocycles. The fourth-order valence-corrected chi connectivity index (χ4v) is 2.05. The molecule has 0 unspecified atom stereocenters. The summed E-state index contributed by atoms with van der Waals surface area (Å²) in [4.78, 5) is 28.1. The summed E-state index contributed by atoms with van der Waals surface area (Å²) in [5.41, 5.74) is 2.58. The Bertz CT molecular complexity index is 722. The molecule has 0 fully saturated rings. The molecule has 88 valence electrons. The van der Waals surface area contributed by atoms with Crippen LogP contribution in [0.15, 0.2) is 34.3 Å². The Balaban J connectivity index is 2.98. The highest BCUT2D eigenvalue weighted by atomic mass is 16.1. The Morgan fingerprint density at radius 3 is 2.39 bits per heavy atom. The van der Waals surface area contributed by atoms with Crippen LogP contribution in [0.1, 0.15) is 11.1 Å². The number of carbonyl (C=O) groups excluding carboxylic acids is 2. The Morgan fingerprint density at radius 1 is 1.00 bits per heavy atom. The van der Waals surface area contributed by atoms with Gasteiger partial charge in [0.25, 0.3) is 0 Å². The van der Waals surface area contributed by atoms with Crippen LogP contribution in [0.5, 0.6) is 0 Å². The Labute approximate surface area is 104 Å². The molecule has 0 spiro atoms. The molecule has 0 aromatic heterocycles. The van der Waals surface area contributed by atoms with Gasteiger partial charge in [-0.05, 0) is 41.8 Å². The van der Waals surface area contributed by atoms with Crippen LogP contribution >= 0.6 is 0 Å². The second kappa shape index (κ2) is 4.76. The van der Waals surface area contributed by atoms with E-state index in [2.05, 4.69) is 9.98 Å². The normalized spacial score (nSPS) is 9.67. The second-order valence-corrected chi connectivity index (χ2v) is 3.95. The predicted octanol–water partition coefficient (Wildman–Crippen LogP) is 3.39. The van der Waals surface area contributed by atoms with Crippen LogP contribution in [-0.4, -0.2) is 12.2 Å². The Kier molecular flexibility index (Phi) is 3.16. The van der Waals surface area contributed by atoms with Crippen LogP contribution in [0, 0.1) is 13.8 Å². The summed E-state index contributed by atoms with van der Waals surface area (Å²) < 4.78 is 0. The first-order valence-electron chi connectivity index (χ1n) is 5.37. The van der Waals surface area contributed by atoms with Crippen molar-refractivity contribution in [2.45, 2.75) is 13.8 Å². The van der Waals surface area contributed by atoms with E-state index >= 15 is 0 Å². The lowest BCUT2D eigenvalue weighted by Crippen LogP contribution is -1.84. The van der Waals surface area contributed by atoms with Crippen LogP contribution in [0.4, 0.5) is 11.4 Å². The zero-order valence-corrected chi connectivity index (χ0v) is 10.0. The molecule has 18 heavy (non-hydrogen) atoms. The van der Waals surface area contributed by atoms with Gasteiger partial charge >= 0.3 is 0 Å². The summed E-state index contributed by atoms with van der Waals surface area (Å²) in [6.45, 7) is 3.81. The van der Waals surface area contributed by atoms with Gasteiger partial charge in [-0.25, -0.2) is 9.59 Å². The minimum absolute atomic E-state index is 0.340. The molecule has 2 aromatic rings. The van der Waals surface area contributed by atoms with Gasteiger partial charge in [0.05, 0.1) is 0 Å². The van der Waals surface area contributed by atoms with Crippen molar-refractivity contribution in [2.24, 2.45) is 9.98 Å². The number of benzene rings is 2. The SMILES string of the molecule is Cc1cccc2c(C)c(N=C=O)c(N=C=O)cc12. The summed E-state index contributed by atoms with van der Waals surface area (Å²) in [6.07, 6.45) is 2.97. The predicted molar refractivity (Wildman–Crippen MR) is 69.0 cm³/mol. The van der Waals surface area contributed by atoms with E-state index in [-0.39, 0.29) is 0 Å². The molecule has 4 heteroatoms. The first kappa shape index (κ1) is 11.9. The van der Waals surface area contributed by atoms with Gasteiger partial charge < -0.3 is 0 Å². The summed E-state index contributed by atoms with van der Waals surface area (Å²) in [7, 11) is 0. The summed E-state index contributed by atoms with van der Waals surface area (Å²) in [5, 5.41) is 1.96. The average molecular weight is 238 g/mol. The van der Waals surface area contributed by atoms with Crippen molar-refractivity contribution in [3.8, 4) is 0 Å². The maximum Gasteiger partial charge on any atom is 0.240 e. The molecule has 0 amide bonds. The number of hydrogen-bond acceptors (Lipinski definition) is 4. The molecule has 2 aromatic carbocycles. The molecule has 0 heterocycles. The van der Waals surface area contributed by atoms with Crippen molar-refractivity contribution in [3.05, 3.63) is 35.4 Å². The van der Waals surface area contributed by atoms with Gasteiger partial charge in [-0.1, -0.05) is 18.2 Å². The van der Waals surface area contributed by atoms with Gasteiger partial charge in [0.1, 0.15) is 11.4 Å². The average Bonchev–Trinajstić information content (AvgIpc) is 2.36. The monoisotopic (exact) mass is 238 g/mol. The van der Waals surface area contributed by atoms with Crippen molar-refractivity contribution < 1.29 is 9.59 Å². The van der Waals surface area contributed by atoms with Crippen molar-refractivity contribution in [2.75, 3.05) is 0 Å². The van der Waals surface area contributed by atoms with Crippen LogP contribution in [-0.2, 0) is 9.59 Å². The molecule has 0 aliphatic rings. The van der Waals surface area contributed by atoms with Crippen molar-refractivity contribution >= 4 is 34.3 Å². The fraction of sp³-hybridized carbons (Fsp3) is 0.143. The summed E-state index contributed by atoms with van der Waals surface area (Å²) in [5.74, 6) is 0. The molecule has 2 rings (SSSR count). The zero-order valence-electron chi connectivity index (χ0n) is 10.0. The number of isocyanates is 2. The maximum atomic E-state index is 10.5. The number of aliphatic imine (C=N–C) groups is 2. The number of aryl methyl sites for hydroxylation is 2. The van der Waals surface area contributed by atoms with Crippen molar-refractivity contribution in [3.63, 3.8) is 0 Å². The van der Waals surface area contributed by atoms with Gasteiger partial charge in [-0.3, -0.25) is 0 Å². The minimum Gasteiger partial charge on any atom is -0.211 e. The lowest BCUT2D eigenvalue weighted by molar-refractivity contribution is 0.564. The molecule has 0 bridgehead atoms. The highest BCUT2D eigenvalue weighted by molar-refractivity contribution is 5.96. The first-order chi connectivity index (χ1) is 8.69. The Morgan fingerprint density at radius 2 is 1.72 bits per heavy atom. The van der Waals surface area contributed by atoms with E-state index in [9.17, 15) is 9.59 Å². The molecule has 4 nitrogen and oxygen atoms in total. The molecule has 0 radical (unpaired) electrons. The molecule has 0 saturated heterocycles. The molecule has 0 aliphatic carbocycles. The lowest BCUT2D eigenvalue weighted by Gasteiger charge is -2.09. The minimum atomic E-state index is 0.340. The third kappa shape index (κ3) is 1.87. The van der Waals surface area contributed by atoms with Gasteiger partial charge in [-0.2, -0.15) is 9.98 Å². The van der Waals surface area contributed by atoms with E-state index in [1.807, 2.05) is 32.0 Å². The van der Waals surface area contributed by atoms with Crippen LogP contribution < -0.4 is 0 Å². The third-order valence-electron chi connectivity index (χ3n) is 2.93. The standard InChI is InChI=1S/C14H10N2O2/c1-9-4-3-5-11-10(2)14(16-8-18)13(15-7-17)6-12(9)11/h3-6H,1-2H3. The lowest BCUT2D eigenvalue weighted by atomic mass is 9.99. The molecular formula is C14H10N2O2.